The molecule has 8 nitrogen and oxygen atoms in total. The molecule has 0 unspecified atom stereocenters. The van der Waals surface area contributed by atoms with Crippen LogP contribution in [0.15, 0.2) is 39.9 Å². The molecular formula is C14H12N2O6. The van der Waals surface area contributed by atoms with Crippen LogP contribution in [0.5, 0.6) is 5.75 Å². The Kier molecular flexibility index (Phi) is 4.52. The van der Waals surface area contributed by atoms with Crippen LogP contribution in [0.1, 0.15) is 12.7 Å². The van der Waals surface area contributed by atoms with Crippen LogP contribution in [0.2, 0.25) is 0 Å². The molecule has 0 amide bonds. The lowest BCUT2D eigenvalue weighted by Gasteiger charge is -2.05. The van der Waals surface area contributed by atoms with Crippen molar-refractivity contribution in [3.8, 4) is 17.1 Å². The molecule has 0 aliphatic rings. The number of ether oxygens (including phenoxy) is 1. The van der Waals surface area contributed by atoms with Crippen LogP contribution >= 0.6 is 0 Å². The first kappa shape index (κ1) is 15.2. The molecule has 0 atom stereocenters. The standard InChI is InChI=1S/C14H12N2O6/c1-9(17)22-15-8-11-4-6-14(21-11)12-7-10(16(18)19)3-5-13(12)20-2/h3-8H,1-2H3/b15-8-. The molecule has 114 valence electrons. The van der Waals surface area contributed by atoms with E-state index < -0.39 is 10.9 Å². The number of carbonyl (C=O) groups is 1. The molecule has 0 saturated heterocycles. The van der Waals surface area contributed by atoms with E-state index in [9.17, 15) is 14.9 Å². The summed E-state index contributed by atoms with van der Waals surface area (Å²) >= 11 is 0. The van der Waals surface area contributed by atoms with E-state index >= 15 is 0 Å². The van der Waals surface area contributed by atoms with Gasteiger partial charge in [0.2, 0.25) is 0 Å². The van der Waals surface area contributed by atoms with Gasteiger partial charge in [-0.1, -0.05) is 5.16 Å². The van der Waals surface area contributed by atoms with Gasteiger partial charge in [-0.2, -0.15) is 0 Å². The van der Waals surface area contributed by atoms with Crippen LogP contribution in [0.25, 0.3) is 11.3 Å². The molecule has 0 saturated carbocycles. The predicted molar refractivity (Wildman–Crippen MR) is 76.7 cm³/mol. The largest absolute Gasteiger partial charge is 0.496 e. The summed E-state index contributed by atoms with van der Waals surface area (Å²) in [7, 11) is 1.46. The van der Waals surface area contributed by atoms with Crippen LogP contribution < -0.4 is 4.74 Å². The highest BCUT2D eigenvalue weighted by atomic mass is 16.7. The van der Waals surface area contributed by atoms with Gasteiger partial charge in [0.05, 0.1) is 17.6 Å². The van der Waals surface area contributed by atoms with E-state index in [0.29, 0.717) is 22.8 Å². The SMILES string of the molecule is COc1ccc([N+](=O)[O-])cc1-c1ccc(/C=N\OC(C)=O)o1. The summed E-state index contributed by atoms with van der Waals surface area (Å²) in [6, 6.07) is 7.37. The Labute approximate surface area is 125 Å². The fourth-order valence-corrected chi connectivity index (χ4v) is 1.72. The first-order valence-electron chi connectivity index (χ1n) is 6.15. The average molecular weight is 304 g/mol. The zero-order valence-electron chi connectivity index (χ0n) is 11.8. The van der Waals surface area contributed by atoms with Crippen molar-refractivity contribution in [3.05, 3.63) is 46.2 Å². The van der Waals surface area contributed by atoms with Crippen LogP contribution in [0, 0.1) is 10.1 Å². The Hall–Kier alpha value is -3.16. The van der Waals surface area contributed by atoms with Gasteiger partial charge in [0.25, 0.3) is 5.69 Å². The maximum Gasteiger partial charge on any atom is 0.331 e. The average Bonchev–Trinajstić information content (AvgIpc) is 2.94. The summed E-state index contributed by atoms with van der Waals surface area (Å²) in [6.45, 7) is 1.22. The van der Waals surface area contributed by atoms with Gasteiger partial charge in [-0.15, -0.1) is 0 Å². The number of nitrogens with zero attached hydrogens (tertiary/aromatic N) is 2. The molecular weight excluding hydrogens is 292 g/mol. The third-order valence-electron chi connectivity index (χ3n) is 2.65. The number of hydrogen-bond acceptors (Lipinski definition) is 7. The van der Waals surface area contributed by atoms with E-state index in [-0.39, 0.29) is 5.69 Å². The number of nitro benzene ring substituents is 1. The normalized spacial score (nSPS) is 10.6. The summed E-state index contributed by atoms with van der Waals surface area (Å²) < 4.78 is 10.7. The third kappa shape index (κ3) is 3.48. The van der Waals surface area contributed by atoms with Crippen LogP contribution in [-0.4, -0.2) is 24.2 Å². The Morgan fingerprint density at radius 3 is 2.77 bits per heavy atom. The van der Waals surface area contributed by atoms with E-state index in [2.05, 4.69) is 9.99 Å². The van der Waals surface area contributed by atoms with E-state index in [1.807, 2.05) is 0 Å². The minimum absolute atomic E-state index is 0.0812. The third-order valence-corrected chi connectivity index (χ3v) is 2.65. The van der Waals surface area contributed by atoms with Crippen molar-refractivity contribution in [3.63, 3.8) is 0 Å². The van der Waals surface area contributed by atoms with Crippen molar-refractivity contribution in [1.29, 1.82) is 0 Å². The zero-order chi connectivity index (χ0) is 16.1. The molecule has 0 radical (unpaired) electrons. The van der Waals surface area contributed by atoms with Crippen molar-refractivity contribution >= 4 is 17.9 Å². The van der Waals surface area contributed by atoms with Crippen molar-refractivity contribution in [1.82, 2.24) is 0 Å². The number of carbonyl (C=O) groups excluding carboxylic acids is 1. The predicted octanol–water partition coefficient (Wildman–Crippen LogP) is 2.76. The molecule has 2 aromatic rings. The molecule has 0 aliphatic heterocycles. The molecule has 22 heavy (non-hydrogen) atoms. The molecule has 0 spiro atoms. The van der Waals surface area contributed by atoms with Crippen LogP contribution in [0.3, 0.4) is 0 Å². The van der Waals surface area contributed by atoms with Gasteiger partial charge in [-0.05, 0) is 18.2 Å². The molecule has 8 heteroatoms. The Bertz CT molecular complexity index is 735. The van der Waals surface area contributed by atoms with E-state index in [4.69, 9.17) is 9.15 Å². The maximum atomic E-state index is 10.9. The van der Waals surface area contributed by atoms with E-state index in [1.165, 1.54) is 38.4 Å². The van der Waals surface area contributed by atoms with Gasteiger partial charge < -0.3 is 14.0 Å². The summed E-state index contributed by atoms with van der Waals surface area (Å²) in [5, 5.41) is 14.3. The van der Waals surface area contributed by atoms with Gasteiger partial charge in [0, 0.05) is 19.1 Å². The number of non-ortho nitro benzene ring substituents is 1. The topological polar surface area (TPSA) is 104 Å². The first-order chi connectivity index (χ1) is 10.5. The number of methoxy groups -OCH3 is 1. The van der Waals surface area contributed by atoms with Gasteiger partial charge in [-0.25, -0.2) is 4.79 Å². The summed E-state index contributed by atoms with van der Waals surface area (Å²) in [5.74, 6) is 0.571. The minimum Gasteiger partial charge on any atom is -0.496 e. The highest BCUT2D eigenvalue weighted by Crippen LogP contribution is 2.34. The fraction of sp³-hybridized carbons (Fsp3) is 0.143. The van der Waals surface area contributed by atoms with Gasteiger partial charge >= 0.3 is 5.97 Å². The lowest BCUT2D eigenvalue weighted by atomic mass is 10.1. The number of rotatable bonds is 5. The molecule has 0 N–H and O–H groups in total. The number of nitro groups is 1. The molecule has 2 rings (SSSR count). The lowest BCUT2D eigenvalue weighted by Crippen LogP contribution is -1.92. The molecule has 1 aromatic heterocycles. The smallest absolute Gasteiger partial charge is 0.331 e. The van der Waals surface area contributed by atoms with Gasteiger partial charge in [0.1, 0.15) is 23.5 Å². The van der Waals surface area contributed by atoms with Crippen molar-refractivity contribution in [2.45, 2.75) is 6.92 Å². The highest BCUT2D eigenvalue weighted by molar-refractivity contribution is 5.79. The Morgan fingerprint density at radius 2 is 2.14 bits per heavy atom. The first-order valence-corrected chi connectivity index (χ1v) is 6.15. The summed E-state index contributed by atoms with van der Waals surface area (Å²) in [5.41, 5.74) is 0.353. The second kappa shape index (κ2) is 6.53. The molecule has 0 bridgehead atoms. The van der Waals surface area contributed by atoms with Crippen molar-refractivity contribution in [2.75, 3.05) is 7.11 Å². The van der Waals surface area contributed by atoms with Crippen molar-refractivity contribution in [2.24, 2.45) is 5.16 Å². The molecule has 1 aromatic carbocycles. The molecule has 0 fully saturated rings. The zero-order valence-corrected chi connectivity index (χ0v) is 11.8. The number of oxime groups is 1. The number of hydrogen-bond donors (Lipinski definition) is 0. The maximum absolute atomic E-state index is 10.9. The number of furan rings is 1. The Morgan fingerprint density at radius 1 is 1.36 bits per heavy atom. The van der Waals surface area contributed by atoms with E-state index in [1.54, 1.807) is 12.1 Å². The Balaban J connectivity index is 2.33. The molecule has 0 aliphatic carbocycles. The quantitative estimate of drug-likeness (QED) is 0.364. The monoisotopic (exact) mass is 304 g/mol. The second-order valence-corrected chi connectivity index (χ2v) is 4.16. The van der Waals surface area contributed by atoms with E-state index in [0.717, 1.165) is 0 Å². The fourth-order valence-electron chi connectivity index (χ4n) is 1.72. The molecule has 1 heterocycles. The number of benzene rings is 1. The van der Waals surface area contributed by atoms with Gasteiger partial charge in [0.15, 0.2) is 0 Å². The lowest BCUT2D eigenvalue weighted by molar-refractivity contribution is -0.384. The minimum atomic E-state index is -0.552. The summed E-state index contributed by atoms with van der Waals surface area (Å²) in [4.78, 5) is 25.4. The van der Waals surface area contributed by atoms with Crippen LogP contribution in [0.4, 0.5) is 5.69 Å². The van der Waals surface area contributed by atoms with Crippen LogP contribution in [-0.2, 0) is 9.63 Å². The highest BCUT2D eigenvalue weighted by Gasteiger charge is 2.15. The summed E-state index contributed by atoms with van der Waals surface area (Å²) in [6.07, 6.45) is 1.22. The van der Waals surface area contributed by atoms with Gasteiger partial charge in [-0.3, -0.25) is 10.1 Å². The second-order valence-electron chi connectivity index (χ2n) is 4.16. The van der Waals surface area contributed by atoms with Crippen molar-refractivity contribution < 1.29 is 23.7 Å².